The third-order valence-electron chi connectivity index (χ3n) is 2.51. The zero-order valence-electron chi connectivity index (χ0n) is 11.1. The van der Waals surface area contributed by atoms with Crippen LogP contribution in [0.15, 0.2) is 24.3 Å². The van der Waals surface area contributed by atoms with E-state index in [0.717, 1.165) is 24.3 Å². The number of benzene rings is 1. The van der Waals surface area contributed by atoms with E-state index in [2.05, 4.69) is 5.32 Å². The quantitative estimate of drug-likeness (QED) is 0.792. The Morgan fingerprint density at radius 1 is 1.29 bits per heavy atom. The Kier molecular flexibility index (Phi) is 5.71. The maximum Gasteiger partial charge on any atom is 0.416 e. The largest absolute Gasteiger partial charge is 0.465 e. The van der Waals surface area contributed by atoms with Crippen molar-refractivity contribution < 1.29 is 32.6 Å². The van der Waals surface area contributed by atoms with Crippen molar-refractivity contribution in [1.82, 2.24) is 5.32 Å². The van der Waals surface area contributed by atoms with Crippen LogP contribution in [0.5, 0.6) is 0 Å². The van der Waals surface area contributed by atoms with Gasteiger partial charge in [-0.1, -0.05) is 12.1 Å². The number of halogens is 3. The standard InChI is InChI=1S/C13H14F3NO4/c1-8(17-12(19)20)6-21-7-11(18)9-2-4-10(5-3-9)13(14,15)16/h2-5,8,17H,6-7H2,1H3,(H,19,20). The second-order valence-electron chi connectivity index (χ2n) is 4.36. The Hall–Kier alpha value is -2.09. The molecule has 5 nitrogen and oxygen atoms in total. The summed E-state index contributed by atoms with van der Waals surface area (Å²) in [6.07, 6.45) is -5.66. The van der Waals surface area contributed by atoms with Gasteiger partial charge in [-0.2, -0.15) is 13.2 Å². The van der Waals surface area contributed by atoms with E-state index in [1.54, 1.807) is 6.92 Å². The van der Waals surface area contributed by atoms with Crippen LogP contribution in [0.2, 0.25) is 0 Å². The number of rotatable bonds is 6. The van der Waals surface area contributed by atoms with Gasteiger partial charge >= 0.3 is 12.3 Å². The summed E-state index contributed by atoms with van der Waals surface area (Å²) in [5.74, 6) is -0.480. The molecule has 1 unspecified atom stereocenters. The molecule has 1 amide bonds. The molecule has 0 aliphatic rings. The van der Waals surface area contributed by atoms with E-state index < -0.39 is 29.7 Å². The molecule has 116 valence electrons. The molecule has 1 atom stereocenters. The number of carbonyl (C=O) groups excluding carboxylic acids is 1. The van der Waals surface area contributed by atoms with Gasteiger partial charge < -0.3 is 15.2 Å². The lowest BCUT2D eigenvalue weighted by atomic mass is 10.1. The van der Waals surface area contributed by atoms with Gasteiger partial charge in [0.1, 0.15) is 6.61 Å². The highest BCUT2D eigenvalue weighted by Crippen LogP contribution is 2.29. The number of amides is 1. The van der Waals surface area contributed by atoms with Gasteiger partial charge in [0.2, 0.25) is 0 Å². The summed E-state index contributed by atoms with van der Waals surface area (Å²) in [5.41, 5.74) is -0.735. The summed E-state index contributed by atoms with van der Waals surface area (Å²) in [6.45, 7) is 1.20. The van der Waals surface area contributed by atoms with Crippen molar-refractivity contribution in [3.8, 4) is 0 Å². The molecule has 1 aromatic rings. The van der Waals surface area contributed by atoms with Crippen molar-refractivity contribution >= 4 is 11.9 Å². The molecule has 8 heteroatoms. The second kappa shape index (κ2) is 7.07. The Morgan fingerprint density at radius 2 is 1.86 bits per heavy atom. The number of alkyl halides is 3. The smallest absolute Gasteiger partial charge is 0.416 e. The van der Waals surface area contributed by atoms with Gasteiger partial charge in [0, 0.05) is 5.56 Å². The van der Waals surface area contributed by atoms with Crippen LogP contribution >= 0.6 is 0 Å². The van der Waals surface area contributed by atoms with Gasteiger partial charge in [-0.05, 0) is 19.1 Å². The van der Waals surface area contributed by atoms with Gasteiger partial charge in [0.15, 0.2) is 5.78 Å². The molecule has 0 bridgehead atoms. The highest BCUT2D eigenvalue weighted by Gasteiger charge is 2.30. The van der Waals surface area contributed by atoms with Crippen molar-refractivity contribution in [2.75, 3.05) is 13.2 Å². The molecule has 0 saturated heterocycles. The van der Waals surface area contributed by atoms with Gasteiger partial charge in [0.25, 0.3) is 0 Å². The minimum Gasteiger partial charge on any atom is -0.465 e. The number of ether oxygens (including phenoxy) is 1. The average Bonchev–Trinajstić information content (AvgIpc) is 2.36. The SMILES string of the molecule is CC(COCC(=O)c1ccc(C(F)(F)F)cc1)NC(=O)O. The van der Waals surface area contributed by atoms with Crippen molar-refractivity contribution in [3.63, 3.8) is 0 Å². The number of carbonyl (C=O) groups is 2. The summed E-state index contributed by atoms with van der Waals surface area (Å²) in [7, 11) is 0. The first-order valence-electron chi connectivity index (χ1n) is 5.98. The summed E-state index contributed by atoms with van der Waals surface area (Å²) in [6, 6.07) is 3.30. The molecule has 21 heavy (non-hydrogen) atoms. The molecule has 0 aromatic heterocycles. The second-order valence-corrected chi connectivity index (χ2v) is 4.36. The molecule has 1 aromatic carbocycles. The maximum atomic E-state index is 12.4. The van der Waals surface area contributed by atoms with Gasteiger partial charge in [-0.15, -0.1) is 0 Å². The molecular formula is C13H14F3NO4. The van der Waals surface area contributed by atoms with Crippen LogP contribution in [-0.4, -0.2) is 36.2 Å². The zero-order valence-corrected chi connectivity index (χ0v) is 11.1. The van der Waals surface area contributed by atoms with E-state index in [9.17, 15) is 22.8 Å². The topological polar surface area (TPSA) is 75.6 Å². The van der Waals surface area contributed by atoms with Crippen LogP contribution < -0.4 is 5.32 Å². The highest BCUT2D eigenvalue weighted by atomic mass is 19.4. The van der Waals surface area contributed by atoms with Gasteiger partial charge in [-0.3, -0.25) is 4.79 Å². The third kappa shape index (κ3) is 5.82. The average molecular weight is 305 g/mol. The number of carboxylic acid groups (broad SMARTS) is 1. The lowest BCUT2D eigenvalue weighted by Crippen LogP contribution is -2.35. The Morgan fingerprint density at radius 3 is 2.33 bits per heavy atom. The van der Waals surface area contributed by atoms with Crippen LogP contribution in [0.4, 0.5) is 18.0 Å². The molecular weight excluding hydrogens is 291 g/mol. The molecule has 2 N–H and O–H groups in total. The minimum atomic E-state index is -4.45. The fourth-order valence-electron chi connectivity index (χ4n) is 1.51. The van der Waals surface area contributed by atoms with E-state index in [1.165, 1.54) is 0 Å². The van der Waals surface area contributed by atoms with E-state index in [1.807, 2.05) is 0 Å². The van der Waals surface area contributed by atoms with Crippen molar-refractivity contribution in [1.29, 1.82) is 0 Å². The lowest BCUT2D eigenvalue weighted by Gasteiger charge is -2.11. The first-order chi connectivity index (χ1) is 9.70. The van der Waals surface area contributed by atoms with Gasteiger partial charge in [-0.25, -0.2) is 4.79 Å². The molecule has 0 radical (unpaired) electrons. The van der Waals surface area contributed by atoms with Crippen LogP contribution in [0.3, 0.4) is 0 Å². The Balaban J connectivity index is 2.47. The molecule has 0 aliphatic carbocycles. The fourth-order valence-corrected chi connectivity index (χ4v) is 1.51. The van der Waals surface area contributed by atoms with Crippen molar-refractivity contribution in [2.45, 2.75) is 19.1 Å². The van der Waals surface area contributed by atoms with Crippen LogP contribution in [0, 0.1) is 0 Å². The van der Waals surface area contributed by atoms with Crippen molar-refractivity contribution in [3.05, 3.63) is 35.4 Å². The predicted octanol–water partition coefficient (Wildman–Crippen LogP) is 2.56. The van der Waals surface area contributed by atoms with E-state index in [4.69, 9.17) is 9.84 Å². The molecule has 0 spiro atoms. The number of hydrogen-bond acceptors (Lipinski definition) is 3. The summed E-state index contributed by atoms with van der Waals surface area (Å²) < 4.78 is 42.1. The normalized spacial score (nSPS) is 12.8. The fraction of sp³-hybridized carbons (Fsp3) is 0.385. The third-order valence-corrected chi connectivity index (χ3v) is 2.51. The monoisotopic (exact) mass is 305 g/mol. The molecule has 0 aliphatic heterocycles. The summed E-state index contributed by atoms with van der Waals surface area (Å²) in [5, 5.41) is 10.6. The zero-order chi connectivity index (χ0) is 16.0. The number of Topliss-reactive ketones (excluding diaryl/α,β-unsaturated/α-hetero) is 1. The van der Waals surface area contributed by atoms with E-state index in [-0.39, 0.29) is 18.8 Å². The predicted molar refractivity (Wildman–Crippen MR) is 67.2 cm³/mol. The summed E-state index contributed by atoms with van der Waals surface area (Å²) >= 11 is 0. The van der Waals surface area contributed by atoms with Gasteiger partial charge in [0.05, 0.1) is 18.2 Å². The minimum absolute atomic E-state index is 0.0152. The highest BCUT2D eigenvalue weighted by molar-refractivity contribution is 5.97. The maximum absolute atomic E-state index is 12.4. The van der Waals surface area contributed by atoms with E-state index in [0.29, 0.717) is 0 Å². The number of nitrogens with one attached hydrogen (secondary N) is 1. The van der Waals surface area contributed by atoms with Crippen LogP contribution in [0.25, 0.3) is 0 Å². The Labute approximate surface area is 118 Å². The molecule has 1 rings (SSSR count). The van der Waals surface area contributed by atoms with E-state index >= 15 is 0 Å². The van der Waals surface area contributed by atoms with Crippen molar-refractivity contribution in [2.24, 2.45) is 0 Å². The number of hydrogen-bond donors (Lipinski definition) is 2. The first kappa shape index (κ1) is 17.0. The number of ketones is 1. The molecule has 0 fully saturated rings. The summed E-state index contributed by atoms with van der Waals surface area (Å²) in [4.78, 5) is 22.0. The lowest BCUT2D eigenvalue weighted by molar-refractivity contribution is -0.137. The molecule has 0 heterocycles. The molecule has 0 saturated carbocycles. The first-order valence-corrected chi connectivity index (χ1v) is 5.98. The Bertz CT molecular complexity index is 499. The van der Waals surface area contributed by atoms with Crippen LogP contribution in [0.1, 0.15) is 22.8 Å². The van der Waals surface area contributed by atoms with Crippen LogP contribution in [-0.2, 0) is 10.9 Å².